The van der Waals surface area contributed by atoms with Crippen molar-refractivity contribution in [2.75, 3.05) is 5.73 Å². The maximum Gasteiger partial charge on any atom is 0.422 e. The molecule has 1 aromatic rings. The van der Waals surface area contributed by atoms with Crippen LogP contribution in [-0.2, 0) is 17.4 Å². The number of anilines is 1. The quantitative estimate of drug-likeness (QED) is 0.400. The van der Waals surface area contributed by atoms with Crippen molar-refractivity contribution in [2.45, 2.75) is 32.9 Å². The van der Waals surface area contributed by atoms with Crippen LogP contribution in [0.15, 0.2) is 6.07 Å². The molecule has 7 heteroatoms. The highest BCUT2D eigenvalue weighted by Crippen LogP contribution is 2.43. The first-order valence-electron chi connectivity index (χ1n) is 5.54. The number of ether oxygens (including phenoxy) is 1. The van der Waals surface area contributed by atoms with Crippen molar-refractivity contribution in [3.63, 3.8) is 0 Å². The number of rotatable bonds is 3. The van der Waals surface area contributed by atoms with Crippen LogP contribution in [0.3, 0.4) is 0 Å². The summed E-state index contributed by atoms with van der Waals surface area (Å²) in [6, 6.07) is 0.925. The SMILES string of the molecule is CCCc1cc(N)c(C(F)(F)F)c(OC(C)=O)c1F. The molecule has 0 aliphatic heterocycles. The van der Waals surface area contributed by atoms with Gasteiger partial charge in [-0.3, -0.25) is 4.79 Å². The molecule has 0 radical (unpaired) electrons. The smallest absolute Gasteiger partial charge is 0.422 e. The van der Waals surface area contributed by atoms with Crippen LogP contribution in [0.2, 0.25) is 0 Å². The van der Waals surface area contributed by atoms with E-state index in [0.29, 0.717) is 6.42 Å². The van der Waals surface area contributed by atoms with Crippen LogP contribution in [0, 0.1) is 5.82 Å². The van der Waals surface area contributed by atoms with Crippen molar-refractivity contribution in [3.05, 3.63) is 23.0 Å². The number of halogens is 4. The van der Waals surface area contributed by atoms with E-state index in [1.807, 2.05) is 0 Å². The molecule has 19 heavy (non-hydrogen) atoms. The van der Waals surface area contributed by atoms with E-state index in [1.54, 1.807) is 6.92 Å². The molecular weight excluding hydrogens is 266 g/mol. The molecule has 3 nitrogen and oxygen atoms in total. The van der Waals surface area contributed by atoms with E-state index in [0.717, 1.165) is 13.0 Å². The van der Waals surface area contributed by atoms with Crippen molar-refractivity contribution < 1.29 is 27.1 Å². The summed E-state index contributed by atoms with van der Waals surface area (Å²) in [6.07, 6.45) is -4.19. The Hall–Kier alpha value is -1.79. The molecule has 0 aliphatic carbocycles. The maximum atomic E-state index is 14.0. The molecule has 0 amide bonds. The third kappa shape index (κ3) is 3.36. The fourth-order valence-corrected chi connectivity index (χ4v) is 1.69. The van der Waals surface area contributed by atoms with Gasteiger partial charge in [-0.1, -0.05) is 13.3 Å². The summed E-state index contributed by atoms with van der Waals surface area (Å²) < 4.78 is 56.8. The number of aryl methyl sites for hydroxylation is 1. The molecule has 106 valence electrons. The standard InChI is InChI=1S/C12H13F4NO2/c1-3-4-7-5-8(17)9(12(14,15)16)11(10(7)13)19-6(2)18/h5H,3-4,17H2,1-2H3. The first-order valence-corrected chi connectivity index (χ1v) is 5.54. The molecule has 0 saturated heterocycles. The van der Waals surface area contributed by atoms with E-state index in [2.05, 4.69) is 4.74 Å². The first kappa shape index (κ1) is 15.3. The normalized spacial score (nSPS) is 11.5. The van der Waals surface area contributed by atoms with Gasteiger partial charge in [-0.05, 0) is 18.1 Å². The predicted molar refractivity (Wildman–Crippen MR) is 61.1 cm³/mol. The zero-order chi connectivity index (χ0) is 14.8. The molecule has 1 aromatic carbocycles. The third-order valence-electron chi connectivity index (χ3n) is 2.38. The molecule has 0 aliphatic rings. The second kappa shape index (κ2) is 5.46. The van der Waals surface area contributed by atoms with Gasteiger partial charge in [0.05, 0.1) is 0 Å². The molecule has 0 bridgehead atoms. The van der Waals surface area contributed by atoms with Crippen molar-refractivity contribution in [3.8, 4) is 5.75 Å². The van der Waals surface area contributed by atoms with E-state index in [9.17, 15) is 22.4 Å². The highest BCUT2D eigenvalue weighted by molar-refractivity contribution is 5.72. The lowest BCUT2D eigenvalue weighted by molar-refractivity contribution is -0.141. The Morgan fingerprint density at radius 3 is 2.42 bits per heavy atom. The number of carbonyl (C=O) groups excluding carboxylic acids is 1. The Balaban J connectivity index is 3.54. The summed E-state index contributed by atoms with van der Waals surface area (Å²) in [7, 11) is 0. The number of benzene rings is 1. The average molecular weight is 279 g/mol. The van der Waals surface area contributed by atoms with Crippen LogP contribution in [0.1, 0.15) is 31.4 Å². The van der Waals surface area contributed by atoms with Gasteiger partial charge < -0.3 is 10.5 Å². The van der Waals surface area contributed by atoms with Crippen LogP contribution >= 0.6 is 0 Å². The fourth-order valence-electron chi connectivity index (χ4n) is 1.69. The van der Waals surface area contributed by atoms with Gasteiger partial charge in [0.25, 0.3) is 0 Å². The summed E-state index contributed by atoms with van der Waals surface area (Å²) in [6.45, 7) is 2.63. The molecule has 1 rings (SSSR count). The predicted octanol–water partition coefficient (Wildman–Crippen LogP) is 3.30. The molecule has 0 atom stereocenters. The number of carbonyl (C=O) groups is 1. The van der Waals surface area contributed by atoms with E-state index in [4.69, 9.17) is 5.73 Å². The van der Waals surface area contributed by atoms with Crippen LogP contribution in [0.4, 0.5) is 23.2 Å². The van der Waals surface area contributed by atoms with Crippen LogP contribution in [0.25, 0.3) is 0 Å². The summed E-state index contributed by atoms with van der Waals surface area (Å²) >= 11 is 0. The molecule has 2 N–H and O–H groups in total. The first-order chi connectivity index (χ1) is 8.68. The van der Waals surface area contributed by atoms with Crippen LogP contribution in [-0.4, -0.2) is 5.97 Å². The van der Waals surface area contributed by atoms with Gasteiger partial charge in [0.1, 0.15) is 5.56 Å². The van der Waals surface area contributed by atoms with Gasteiger partial charge in [0, 0.05) is 12.6 Å². The van der Waals surface area contributed by atoms with Crippen molar-refractivity contribution >= 4 is 11.7 Å². The van der Waals surface area contributed by atoms with Crippen LogP contribution in [0.5, 0.6) is 5.75 Å². The Morgan fingerprint density at radius 2 is 2.00 bits per heavy atom. The number of hydrogen-bond acceptors (Lipinski definition) is 3. The lowest BCUT2D eigenvalue weighted by atomic mass is 10.0. The zero-order valence-corrected chi connectivity index (χ0v) is 10.4. The molecule has 0 spiro atoms. The van der Waals surface area contributed by atoms with Gasteiger partial charge in [-0.2, -0.15) is 13.2 Å². The van der Waals surface area contributed by atoms with E-state index < -0.39 is 35.0 Å². The van der Waals surface area contributed by atoms with Gasteiger partial charge in [-0.15, -0.1) is 0 Å². The molecular formula is C12H13F4NO2. The van der Waals surface area contributed by atoms with E-state index >= 15 is 0 Å². The topological polar surface area (TPSA) is 52.3 Å². The van der Waals surface area contributed by atoms with Gasteiger partial charge in [0.15, 0.2) is 11.6 Å². The molecule has 0 aromatic heterocycles. The summed E-state index contributed by atoms with van der Waals surface area (Å²) in [5.74, 6) is -3.39. The minimum Gasteiger partial charge on any atom is -0.423 e. The Bertz CT molecular complexity index is 497. The lowest BCUT2D eigenvalue weighted by Gasteiger charge is -2.17. The molecule has 0 saturated carbocycles. The highest BCUT2D eigenvalue weighted by Gasteiger charge is 2.39. The van der Waals surface area contributed by atoms with E-state index in [1.165, 1.54) is 0 Å². The Labute approximate surface area is 107 Å². The number of nitrogens with two attached hydrogens (primary N) is 1. The van der Waals surface area contributed by atoms with Crippen molar-refractivity contribution in [1.29, 1.82) is 0 Å². The summed E-state index contributed by atoms with van der Waals surface area (Å²) in [5.41, 5.74) is 3.18. The van der Waals surface area contributed by atoms with Gasteiger partial charge in [0.2, 0.25) is 0 Å². The zero-order valence-electron chi connectivity index (χ0n) is 10.4. The van der Waals surface area contributed by atoms with Crippen molar-refractivity contribution in [2.24, 2.45) is 0 Å². The summed E-state index contributed by atoms with van der Waals surface area (Å²) in [5, 5.41) is 0. The number of alkyl halides is 3. The molecule has 0 heterocycles. The average Bonchev–Trinajstić information content (AvgIpc) is 2.22. The fraction of sp³-hybridized carbons (Fsp3) is 0.417. The third-order valence-corrected chi connectivity index (χ3v) is 2.38. The van der Waals surface area contributed by atoms with Crippen molar-refractivity contribution in [1.82, 2.24) is 0 Å². The second-order valence-electron chi connectivity index (χ2n) is 3.98. The Kier molecular flexibility index (Phi) is 4.39. The Morgan fingerprint density at radius 1 is 1.42 bits per heavy atom. The van der Waals surface area contributed by atoms with Gasteiger partial charge in [-0.25, -0.2) is 4.39 Å². The van der Waals surface area contributed by atoms with Crippen LogP contribution < -0.4 is 10.5 Å². The minimum atomic E-state index is -4.90. The second-order valence-corrected chi connectivity index (χ2v) is 3.98. The minimum absolute atomic E-state index is 0.00995. The summed E-state index contributed by atoms with van der Waals surface area (Å²) in [4.78, 5) is 10.8. The molecule has 0 fully saturated rings. The monoisotopic (exact) mass is 279 g/mol. The highest BCUT2D eigenvalue weighted by atomic mass is 19.4. The number of esters is 1. The number of hydrogen-bond donors (Lipinski definition) is 1. The largest absolute Gasteiger partial charge is 0.423 e. The van der Waals surface area contributed by atoms with Gasteiger partial charge >= 0.3 is 12.1 Å². The maximum absolute atomic E-state index is 14.0. The lowest BCUT2D eigenvalue weighted by Crippen LogP contribution is -2.16. The molecule has 0 unspecified atom stereocenters. The van der Waals surface area contributed by atoms with E-state index in [-0.39, 0.29) is 12.0 Å². The number of nitrogen functional groups attached to an aromatic ring is 1.